The van der Waals surface area contributed by atoms with Gasteiger partial charge >= 0.3 is 0 Å². The van der Waals surface area contributed by atoms with Crippen LogP contribution in [-0.2, 0) is 0 Å². The monoisotopic (exact) mass is 531 g/mol. The van der Waals surface area contributed by atoms with E-state index >= 15 is 0 Å². The van der Waals surface area contributed by atoms with E-state index in [-0.39, 0.29) is 0 Å². The fraction of sp³-hybridized carbons (Fsp3) is 0. The van der Waals surface area contributed by atoms with Crippen LogP contribution in [0.5, 0.6) is 0 Å². The van der Waals surface area contributed by atoms with E-state index in [9.17, 15) is 0 Å². The average Bonchev–Trinajstić information content (AvgIpc) is 3.07. The largest absolute Gasteiger partial charge is 0.264 e. The van der Waals surface area contributed by atoms with E-state index in [0.717, 1.165) is 5.56 Å². The molecule has 0 N–H and O–H groups in total. The lowest BCUT2D eigenvalue weighted by atomic mass is 9.87. The van der Waals surface area contributed by atoms with Crippen LogP contribution in [0.2, 0.25) is 0 Å². The van der Waals surface area contributed by atoms with Gasteiger partial charge in [0.15, 0.2) is 0 Å². The Hall–Kier alpha value is -5.53. The summed E-state index contributed by atoms with van der Waals surface area (Å²) in [6, 6.07) is 51.2. The molecule has 42 heavy (non-hydrogen) atoms. The molecular weight excluding hydrogens is 506 g/mol. The van der Waals surface area contributed by atoms with Crippen LogP contribution in [0.3, 0.4) is 0 Å². The van der Waals surface area contributed by atoms with Crippen molar-refractivity contribution in [1.82, 2.24) is 4.98 Å². The summed E-state index contributed by atoms with van der Waals surface area (Å²) in [6.45, 7) is 0. The van der Waals surface area contributed by atoms with Gasteiger partial charge in [-0.15, -0.1) is 0 Å². The smallest absolute Gasteiger partial charge is 0.0346 e. The summed E-state index contributed by atoms with van der Waals surface area (Å²) in [7, 11) is 0. The maximum absolute atomic E-state index is 4.38. The van der Waals surface area contributed by atoms with Crippen LogP contribution in [0.15, 0.2) is 152 Å². The van der Waals surface area contributed by atoms with E-state index in [0.29, 0.717) is 0 Å². The zero-order chi connectivity index (χ0) is 27.6. The Balaban J connectivity index is 1.22. The molecule has 0 unspecified atom stereocenters. The lowest BCUT2D eigenvalue weighted by Gasteiger charge is -2.17. The Morgan fingerprint density at radius 3 is 1.57 bits per heavy atom. The number of hydrogen-bond acceptors (Lipinski definition) is 1. The second-order valence-electron chi connectivity index (χ2n) is 11.2. The summed E-state index contributed by atoms with van der Waals surface area (Å²) in [5, 5.41) is 12.9. The zero-order valence-corrected chi connectivity index (χ0v) is 22.9. The number of aromatic nitrogens is 1. The van der Waals surface area contributed by atoms with Gasteiger partial charge in [0.2, 0.25) is 0 Å². The van der Waals surface area contributed by atoms with Crippen molar-refractivity contribution in [3.8, 4) is 33.4 Å². The van der Waals surface area contributed by atoms with Crippen molar-refractivity contribution in [3.63, 3.8) is 0 Å². The highest BCUT2D eigenvalue weighted by Crippen LogP contribution is 2.43. The SMILES string of the molecule is c1cncc(-c2ccc3ccc4c(-c5ccc(-c6cc7ccccc7c7ccccc67)cc5)ccc5ccc2c3c54)c1. The second-order valence-corrected chi connectivity index (χ2v) is 11.2. The van der Waals surface area contributed by atoms with Crippen LogP contribution in [0.4, 0.5) is 0 Å². The third-order valence-electron chi connectivity index (χ3n) is 8.91. The summed E-state index contributed by atoms with van der Waals surface area (Å²) in [4.78, 5) is 4.38. The molecule has 0 spiro atoms. The van der Waals surface area contributed by atoms with Crippen molar-refractivity contribution in [2.24, 2.45) is 0 Å². The summed E-state index contributed by atoms with van der Waals surface area (Å²) in [5.74, 6) is 0. The lowest BCUT2D eigenvalue weighted by Crippen LogP contribution is -1.90. The van der Waals surface area contributed by atoms with Crippen LogP contribution >= 0.6 is 0 Å². The Kier molecular flexibility index (Phi) is 4.97. The highest BCUT2D eigenvalue weighted by molar-refractivity contribution is 6.27. The van der Waals surface area contributed by atoms with E-state index in [1.807, 2.05) is 18.5 Å². The van der Waals surface area contributed by atoms with Crippen molar-refractivity contribution in [2.45, 2.75) is 0 Å². The molecule has 0 amide bonds. The number of pyridine rings is 1. The van der Waals surface area contributed by atoms with Gasteiger partial charge in [-0.05, 0) is 93.8 Å². The van der Waals surface area contributed by atoms with Crippen LogP contribution in [0.25, 0.3) is 87.2 Å². The summed E-state index contributed by atoms with van der Waals surface area (Å²) < 4.78 is 0. The maximum atomic E-state index is 4.38. The van der Waals surface area contributed by atoms with Crippen molar-refractivity contribution in [2.75, 3.05) is 0 Å². The number of nitrogens with zero attached hydrogens (tertiary/aromatic N) is 1. The molecule has 194 valence electrons. The van der Waals surface area contributed by atoms with Crippen LogP contribution in [0.1, 0.15) is 0 Å². The molecule has 0 radical (unpaired) electrons. The van der Waals surface area contributed by atoms with Gasteiger partial charge in [-0.2, -0.15) is 0 Å². The maximum Gasteiger partial charge on any atom is 0.0346 e. The molecule has 0 saturated carbocycles. The molecule has 1 heteroatoms. The minimum atomic E-state index is 1.15. The molecule has 8 aromatic carbocycles. The van der Waals surface area contributed by atoms with E-state index in [4.69, 9.17) is 0 Å². The standard InChI is InChI=1S/C41H25N/c1-2-8-32-30(6-1)24-39(36-10-4-3-9-35(32)36)27-13-11-26(12-14-27)33-19-15-28-18-22-38-34(31-7-5-23-42-25-31)20-16-29-17-21-37(33)40(28)41(29)38/h1-25H. The zero-order valence-electron chi connectivity index (χ0n) is 22.9. The first-order chi connectivity index (χ1) is 20.8. The van der Waals surface area contributed by atoms with Gasteiger partial charge in [-0.3, -0.25) is 4.98 Å². The first-order valence-electron chi connectivity index (χ1n) is 14.5. The predicted octanol–water partition coefficient (Wildman–Crippen LogP) is 11.3. The van der Waals surface area contributed by atoms with Gasteiger partial charge in [-0.25, -0.2) is 0 Å². The van der Waals surface area contributed by atoms with Gasteiger partial charge in [0.05, 0.1) is 0 Å². The first-order valence-corrected chi connectivity index (χ1v) is 14.5. The van der Waals surface area contributed by atoms with Crippen molar-refractivity contribution in [1.29, 1.82) is 0 Å². The summed E-state index contributed by atoms with van der Waals surface area (Å²) in [6.07, 6.45) is 3.79. The van der Waals surface area contributed by atoms with E-state index in [1.54, 1.807) is 0 Å². The molecular formula is C41H25N. The Bertz CT molecular complexity index is 2440. The highest BCUT2D eigenvalue weighted by atomic mass is 14.6. The molecule has 0 atom stereocenters. The minimum absolute atomic E-state index is 1.15. The number of hydrogen-bond donors (Lipinski definition) is 0. The summed E-state index contributed by atoms with van der Waals surface area (Å²) in [5.41, 5.74) is 7.37. The topological polar surface area (TPSA) is 12.9 Å². The lowest BCUT2D eigenvalue weighted by molar-refractivity contribution is 1.33. The fourth-order valence-electron chi connectivity index (χ4n) is 6.95. The highest BCUT2D eigenvalue weighted by Gasteiger charge is 2.15. The van der Waals surface area contributed by atoms with E-state index in [1.165, 1.54) is 81.7 Å². The minimum Gasteiger partial charge on any atom is -0.264 e. The van der Waals surface area contributed by atoms with Gasteiger partial charge in [0, 0.05) is 18.0 Å². The second kappa shape index (κ2) is 8.99. The summed E-state index contributed by atoms with van der Waals surface area (Å²) >= 11 is 0. The molecule has 0 fully saturated rings. The molecule has 1 heterocycles. The van der Waals surface area contributed by atoms with Crippen molar-refractivity contribution < 1.29 is 0 Å². The number of benzene rings is 8. The molecule has 1 nitrogen and oxygen atoms in total. The quantitative estimate of drug-likeness (QED) is 0.207. The number of rotatable bonds is 3. The normalized spacial score (nSPS) is 11.8. The molecule has 9 rings (SSSR count). The third-order valence-corrected chi connectivity index (χ3v) is 8.91. The van der Waals surface area contributed by atoms with E-state index < -0.39 is 0 Å². The molecule has 9 aromatic rings. The fourth-order valence-corrected chi connectivity index (χ4v) is 6.95. The van der Waals surface area contributed by atoms with Crippen molar-refractivity contribution >= 4 is 53.9 Å². The molecule has 1 aromatic heterocycles. The van der Waals surface area contributed by atoms with Crippen LogP contribution in [-0.4, -0.2) is 4.98 Å². The Labute approximate surface area is 243 Å². The van der Waals surface area contributed by atoms with Crippen LogP contribution < -0.4 is 0 Å². The van der Waals surface area contributed by atoms with Gasteiger partial charge in [0.1, 0.15) is 0 Å². The van der Waals surface area contributed by atoms with Crippen LogP contribution in [0, 0.1) is 0 Å². The molecule has 0 aliphatic heterocycles. The van der Waals surface area contributed by atoms with Gasteiger partial charge in [0.25, 0.3) is 0 Å². The molecule has 0 aliphatic rings. The average molecular weight is 532 g/mol. The van der Waals surface area contributed by atoms with Gasteiger partial charge < -0.3 is 0 Å². The van der Waals surface area contributed by atoms with Crippen molar-refractivity contribution in [3.05, 3.63) is 152 Å². The Morgan fingerprint density at radius 2 is 0.905 bits per heavy atom. The van der Waals surface area contributed by atoms with E-state index in [2.05, 4.69) is 138 Å². The molecule has 0 saturated heterocycles. The van der Waals surface area contributed by atoms with Gasteiger partial charge in [-0.1, -0.05) is 127 Å². The molecule has 0 bridgehead atoms. The Morgan fingerprint density at radius 1 is 0.333 bits per heavy atom. The number of fused-ring (bicyclic) bond motifs is 3. The third kappa shape index (κ3) is 3.41. The predicted molar refractivity (Wildman–Crippen MR) is 179 cm³/mol. The first kappa shape index (κ1) is 23.2. The molecule has 0 aliphatic carbocycles.